The molecule has 16 heavy (non-hydrogen) atoms. The summed E-state index contributed by atoms with van der Waals surface area (Å²) in [5.74, 6) is 0.925. The van der Waals surface area contributed by atoms with Gasteiger partial charge in [0.05, 0.1) is 16.7 Å². The minimum Gasteiger partial charge on any atom is -0.325 e. The van der Waals surface area contributed by atoms with Gasteiger partial charge in [-0.15, -0.1) is 0 Å². The number of nitrogens with two attached hydrogens (primary N) is 1. The number of hydrogen-bond acceptors (Lipinski definition) is 2. The van der Waals surface area contributed by atoms with Gasteiger partial charge >= 0.3 is 0 Å². The number of nitrogens with zero attached hydrogens (tertiary/aromatic N) is 3. The molecule has 3 rings (SSSR count). The lowest BCUT2D eigenvalue weighted by atomic mass is 10.3. The molecule has 2 heterocycles. The highest BCUT2D eigenvalue weighted by atomic mass is 79.9. The first-order chi connectivity index (χ1) is 7.70. The second-order valence-electron chi connectivity index (χ2n) is 3.80. The predicted molar refractivity (Wildman–Crippen MR) is 67.3 cm³/mol. The molecule has 0 unspecified atom stereocenters. The van der Waals surface area contributed by atoms with Gasteiger partial charge in [-0.05, 0) is 18.2 Å². The van der Waals surface area contributed by atoms with Gasteiger partial charge in [0, 0.05) is 24.3 Å². The Morgan fingerprint density at radius 2 is 2.25 bits per heavy atom. The Balaban J connectivity index is 2.45. The van der Waals surface area contributed by atoms with Gasteiger partial charge in [0.15, 0.2) is 0 Å². The first-order valence-electron chi connectivity index (χ1n) is 5.02. The molecular formula is C11H11BrN4. The van der Waals surface area contributed by atoms with Gasteiger partial charge < -0.3 is 10.3 Å². The molecule has 2 N–H and O–H groups in total. The third kappa shape index (κ3) is 1.22. The van der Waals surface area contributed by atoms with Gasteiger partial charge in [0.2, 0.25) is 5.78 Å². The number of aromatic nitrogens is 3. The Bertz CT molecular complexity index is 680. The minimum absolute atomic E-state index is 0.526. The Morgan fingerprint density at radius 1 is 1.44 bits per heavy atom. The molecule has 3 aromatic rings. The van der Waals surface area contributed by atoms with Gasteiger partial charge in [-0.25, -0.2) is 4.98 Å². The average molecular weight is 279 g/mol. The minimum atomic E-state index is 0.526. The Morgan fingerprint density at radius 3 is 3.00 bits per heavy atom. The molecule has 0 saturated heterocycles. The van der Waals surface area contributed by atoms with Crippen LogP contribution < -0.4 is 5.73 Å². The maximum Gasteiger partial charge on any atom is 0.214 e. The molecule has 4 nitrogen and oxygen atoms in total. The predicted octanol–water partition coefficient (Wildman–Crippen LogP) is 2.05. The van der Waals surface area contributed by atoms with E-state index in [9.17, 15) is 0 Å². The van der Waals surface area contributed by atoms with Crippen LogP contribution in [-0.4, -0.2) is 14.0 Å². The van der Waals surface area contributed by atoms with Crippen LogP contribution in [0.3, 0.4) is 0 Å². The second kappa shape index (κ2) is 3.33. The molecule has 0 amide bonds. The van der Waals surface area contributed by atoms with Gasteiger partial charge in [-0.2, -0.15) is 0 Å². The monoisotopic (exact) mass is 278 g/mol. The summed E-state index contributed by atoms with van der Waals surface area (Å²) >= 11 is 3.45. The second-order valence-corrected chi connectivity index (χ2v) is 4.71. The number of rotatable bonds is 1. The van der Waals surface area contributed by atoms with Gasteiger partial charge in [0.25, 0.3) is 0 Å². The molecule has 0 saturated carbocycles. The summed E-state index contributed by atoms with van der Waals surface area (Å²) in [4.78, 5) is 4.58. The van der Waals surface area contributed by atoms with E-state index in [1.807, 2.05) is 29.9 Å². The highest BCUT2D eigenvalue weighted by Gasteiger charge is 2.10. The summed E-state index contributed by atoms with van der Waals surface area (Å²) in [5.41, 5.74) is 8.84. The summed E-state index contributed by atoms with van der Waals surface area (Å²) in [5, 5.41) is 0. The van der Waals surface area contributed by atoms with Crippen LogP contribution in [0.2, 0.25) is 0 Å². The van der Waals surface area contributed by atoms with E-state index in [0.717, 1.165) is 27.0 Å². The van der Waals surface area contributed by atoms with Crippen molar-refractivity contribution in [1.82, 2.24) is 14.0 Å². The molecule has 0 aliphatic rings. The molecule has 82 valence electrons. The molecule has 0 fully saturated rings. The normalized spacial score (nSPS) is 11.7. The van der Waals surface area contributed by atoms with Crippen LogP contribution in [0.1, 0.15) is 5.69 Å². The van der Waals surface area contributed by atoms with Crippen molar-refractivity contribution in [2.24, 2.45) is 12.8 Å². The standard InChI is InChI=1S/C11H11BrN4/c1-15-8(5-13)6-16-10-3-2-7(12)4-9(10)14-11(15)16/h2-4,6H,5,13H2,1H3. The van der Waals surface area contributed by atoms with Crippen LogP contribution in [0.25, 0.3) is 16.8 Å². The zero-order valence-electron chi connectivity index (χ0n) is 8.81. The van der Waals surface area contributed by atoms with E-state index in [0.29, 0.717) is 6.54 Å². The lowest BCUT2D eigenvalue weighted by Gasteiger charge is -1.96. The molecule has 0 bridgehead atoms. The third-order valence-electron chi connectivity index (χ3n) is 2.85. The van der Waals surface area contributed by atoms with Crippen LogP contribution in [0, 0.1) is 0 Å². The van der Waals surface area contributed by atoms with Gasteiger partial charge in [-0.3, -0.25) is 4.40 Å². The van der Waals surface area contributed by atoms with Gasteiger partial charge in [-0.1, -0.05) is 15.9 Å². The largest absolute Gasteiger partial charge is 0.325 e. The molecule has 5 heteroatoms. The molecule has 0 spiro atoms. The number of halogens is 1. The quantitative estimate of drug-likeness (QED) is 0.741. The number of benzene rings is 1. The molecular weight excluding hydrogens is 268 g/mol. The van der Waals surface area contributed by atoms with Gasteiger partial charge in [0.1, 0.15) is 0 Å². The van der Waals surface area contributed by atoms with Crippen LogP contribution in [0.5, 0.6) is 0 Å². The SMILES string of the molecule is Cn1c(CN)cn2c3ccc(Br)cc3nc12. The first kappa shape index (κ1) is 9.86. The van der Waals surface area contributed by atoms with E-state index in [1.54, 1.807) is 0 Å². The number of hydrogen-bond donors (Lipinski definition) is 1. The van der Waals surface area contributed by atoms with E-state index in [4.69, 9.17) is 5.73 Å². The van der Waals surface area contributed by atoms with E-state index in [1.165, 1.54) is 0 Å². The lowest BCUT2D eigenvalue weighted by Crippen LogP contribution is -2.02. The van der Waals surface area contributed by atoms with Crippen LogP contribution in [0.4, 0.5) is 0 Å². The van der Waals surface area contributed by atoms with E-state index in [-0.39, 0.29) is 0 Å². The van der Waals surface area contributed by atoms with Crippen molar-refractivity contribution in [3.8, 4) is 0 Å². The Hall–Kier alpha value is -1.33. The highest BCUT2D eigenvalue weighted by molar-refractivity contribution is 9.10. The smallest absolute Gasteiger partial charge is 0.214 e. The van der Waals surface area contributed by atoms with E-state index >= 15 is 0 Å². The fourth-order valence-electron chi connectivity index (χ4n) is 1.98. The molecule has 0 aliphatic carbocycles. The van der Waals surface area contributed by atoms with Crippen molar-refractivity contribution >= 4 is 32.7 Å². The van der Waals surface area contributed by atoms with Crippen molar-refractivity contribution in [2.75, 3.05) is 0 Å². The lowest BCUT2D eigenvalue weighted by molar-refractivity contribution is 0.840. The zero-order valence-corrected chi connectivity index (χ0v) is 10.4. The van der Waals surface area contributed by atoms with Crippen molar-refractivity contribution in [3.05, 3.63) is 34.6 Å². The molecule has 0 aliphatic heterocycles. The maximum atomic E-state index is 5.67. The first-order valence-corrected chi connectivity index (χ1v) is 5.82. The fourth-order valence-corrected chi connectivity index (χ4v) is 2.33. The summed E-state index contributed by atoms with van der Waals surface area (Å²) in [6.45, 7) is 0.526. The van der Waals surface area contributed by atoms with Crippen molar-refractivity contribution in [1.29, 1.82) is 0 Å². The molecule has 0 atom stereocenters. The zero-order chi connectivity index (χ0) is 11.3. The van der Waals surface area contributed by atoms with E-state index in [2.05, 4.69) is 31.4 Å². The fraction of sp³-hybridized carbons (Fsp3) is 0.182. The summed E-state index contributed by atoms with van der Waals surface area (Å²) in [6, 6.07) is 6.09. The van der Waals surface area contributed by atoms with Crippen LogP contribution >= 0.6 is 15.9 Å². The molecule has 1 aromatic carbocycles. The van der Waals surface area contributed by atoms with Crippen LogP contribution in [-0.2, 0) is 13.6 Å². The Kier molecular flexibility index (Phi) is 2.05. The van der Waals surface area contributed by atoms with Crippen molar-refractivity contribution in [3.63, 3.8) is 0 Å². The maximum absolute atomic E-state index is 5.67. The number of fused-ring (bicyclic) bond motifs is 3. The third-order valence-corrected chi connectivity index (χ3v) is 3.34. The summed E-state index contributed by atoms with van der Waals surface area (Å²) in [6.07, 6.45) is 2.04. The van der Waals surface area contributed by atoms with Crippen LogP contribution in [0.15, 0.2) is 28.9 Å². The molecule has 0 radical (unpaired) electrons. The summed E-state index contributed by atoms with van der Waals surface area (Å²) < 4.78 is 5.14. The summed E-state index contributed by atoms with van der Waals surface area (Å²) in [7, 11) is 1.98. The molecule has 2 aromatic heterocycles. The average Bonchev–Trinajstić information content (AvgIpc) is 2.75. The van der Waals surface area contributed by atoms with E-state index < -0.39 is 0 Å². The Labute approximate surface area is 101 Å². The number of aryl methyl sites for hydroxylation is 1. The topological polar surface area (TPSA) is 48.2 Å². The number of imidazole rings is 2. The highest BCUT2D eigenvalue weighted by Crippen LogP contribution is 2.22. The van der Waals surface area contributed by atoms with Crippen molar-refractivity contribution in [2.45, 2.75) is 6.54 Å². The van der Waals surface area contributed by atoms with Crippen molar-refractivity contribution < 1.29 is 0 Å².